The van der Waals surface area contributed by atoms with E-state index in [9.17, 15) is 36.7 Å². The molecule has 2 aromatic carbocycles. The molecule has 56 heavy (non-hydrogen) atoms. The summed E-state index contributed by atoms with van der Waals surface area (Å²) in [4.78, 5) is 52.0. The number of rotatable bonds is 8. The van der Waals surface area contributed by atoms with Crippen molar-refractivity contribution in [3.8, 4) is 0 Å². The maximum atomic E-state index is 13.6. The van der Waals surface area contributed by atoms with Crippen molar-refractivity contribution < 1.29 is 69.9 Å². The van der Waals surface area contributed by atoms with Crippen LogP contribution in [-0.2, 0) is 52.3 Å². The van der Waals surface area contributed by atoms with Crippen molar-refractivity contribution in [1.29, 1.82) is 0 Å². The molecule has 3 saturated heterocycles. The normalized spacial score (nSPS) is 27.6. The van der Waals surface area contributed by atoms with Crippen LogP contribution in [0.4, 0.5) is 28.9 Å². The monoisotopic (exact) mass is 794 g/mol. The number of hydrogen-bond acceptors (Lipinski definition) is 12. The fourth-order valence-electron chi connectivity index (χ4n) is 9.14. The summed E-state index contributed by atoms with van der Waals surface area (Å²) >= 11 is 0. The minimum absolute atomic E-state index is 0.178. The maximum absolute atomic E-state index is 13.6. The zero-order valence-corrected chi connectivity index (χ0v) is 31.5. The van der Waals surface area contributed by atoms with Gasteiger partial charge in [0.25, 0.3) is 0 Å². The van der Waals surface area contributed by atoms with Gasteiger partial charge in [-0.3, -0.25) is 19.2 Å². The molecular weight excluding hydrogens is 748 g/mol. The number of anilines is 2. The number of carbonyl (C=O) groups is 4. The lowest BCUT2D eigenvalue weighted by atomic mass is 9.65. The molecule has 0 bridgehead atoms. The Morgan fingerprint density at radius 1 is 0.714 bits per heavy atom. The van der Waals surface area contributed by atoms with Crippen molar-refractivity contribution in [3.05, 3.63) is 59.7 Å². The van der Waals surface area contributed by atoms with Crippen molar-refractivity contribution in [3.63, 3.8) is 0 Å². The van der Waals surface area contributed by atoms with E-state index < -0.39 is 75.4 Å². The maximum Gasteiger partial charge on any atom is 0.312 e. The van der Waals surface area contributed by atoms with Gasteiger partial charge in [-0.15, -0.1) is 0 Å². The van der Waals surface area contributed by atoms with Crippen LogP contribution in [0.2, 0.25) is 0 Å². The highest BCUT2D eigenvalue weighted by molar-refractivity contribution is 6.00. The summed E-state index contributed by atoms with van der Waals surface area (Å²) < 4.78 is 92.1. The first kappa shape index (κ1) is 41.3. The van der Waals surface area contributed by atoms with E-state index in [0.717, 1.165) is 36.4 Å². The molecule has 0 unspecified atom stereocenters. The third-order valence-electron chi connectivity index (χ3n) is 11.4. The topological polar surface area (TPSA) is 148 Å². The molecule has 7 rings (SSSR count). The van der Waals surface area contributed by atoms with Crippen LogP contribution in [-0.4, -0.2) is 96.2 Å². The molecule has 2 aliphatic carbocycles. The van der Waals surface area contributed by atoms with Gasteiger partial charge in [0.05, 0.1) is 70.4 Å². The van der Waals surface area contributed by atoms with Crippen molar-refractivity contribution in [2.24, 2.45) is 22.7 Å². The summed E-state index contributed by atoms with van der Waals surface area (Å²) in [5.74, 6) is -7.68. The van der Waals surface area contributed by atoms with Crippen molar-refractivity contribution in [2.45, 2.75) is 62.9 Å². The summed E-state index contributed by atoms with van der Waals surface area (Å²) in [6.45, 7) is 2.07. The Balaban J connectivity index is 0.000000190. The number of ether oxygens (including phenoxy) is 7. The molecule has 17 heteroatoms. The van der Waals surface area contributed by atoms with Crippen molar-refractivity contribution in [2.75, 3.05) is 71.1 Å². The smallest absolute Gasteiger partial charge is 0.312 e. The van der Waals surface area contributed by atoms with Crippen molar-refractivity contribution in [1.82, 2.24) is 0 Å². The third kappa shape index (κ3) is 8.65. The molecule has 1 amide bonds. The molecule has 2 saturated carbocycles. The van der Waals surface area contributed by atoms with Gasteiger partial charge in [0.1, 0.15) is 23.3 Å². The van der Waals surface area contributed by atoms with Gasteiger partial charge in [0.15, 0.2) is 11.6 Å². The molecular formula is C39H46F4N2O11. The highest BCUT2D eigenvalue weighted by Gasteiger charge is 2.60. The second-order valence-corrected chi connectivity index (χ2v) is 15.0. The largest absolute Gasteiger partial charge is 0.469 e. The molecule has 5 aliphatic rings. The quantitative estimate of drug-likeness (QED) is 0.217. The summed E-state index contributed by atoms with van der Waals surface area (Å²) in [6, 6.07) is 6.15. The highest BCUT2D eigenvalue weighted by atomic mass is 19.1. The molecule has 2 aromatic rings. The molecule has 306 valence electrons. The second kappa shape index (κ2) is 16.6. The Hall–Kier alpha value is -4.32. The first-order chi connectivity index (χ1) is 26.7. The number of benzene rings is 2. The van der Waals surface area contributed by atoms with Gasteiger partial charge in [-0.2, -0.15) is 0 Å². The molecule has 0 aromatic heterocycles. The Morgan fingerprint density at radius 2 is 1.21 bits per heavy atom. The van der Waals surface area contributed by atoms with Gasteiger partial charge in [0, 0.05) is 62.3 Å². The number of esters is 3. The van der Waals surface area contributed by atoms with Gasteiger partial charge < -0.3 is 43.4 Å². The Bertz CT molecular complexity index is 1760. The molecule has 4 atom stereocenters. The minimum Gasteiger partial charge on any atom is -0.469 e. The highest BCUT2D eigenvalue weighted by Crippen LogP contribution is 2.54. The third-order valence-corrected chi connectivity index (χ3v) is 11.4. The summed E-state index contributed by atoms with van der Waals surface area (Å²) in [7, 11) is 3.88. The molecule has 3 heterocycles. The molecule has 5 fully saturated rings. The van der Waals surface area contributed by atoms with E-state index >= 15 is 0 Å². The van der Waals surface area contributed by atoms with Crippen molar-refractivity contribution >= 4 is 35.2 Å². The molecule has 1 N–H and O–H groups in total. The van der Waals surface area contributed by atoms with E-state index in [4.69, 9.17) is 33.2 Å². The number of carbonyl (C=O) groups excluding carboxylic acids is 4. The number of halogens is 4. The number of nitrogens with one attached hydrogen (secondary N) is 1. The predicted octanol–water partition coefficient (Wildman–Crippen LogP) is 5.05. The van der Waals surface area contributed by atoms with E-state index in [2.05, 4.69) is 5.32 Å². The van der Waals surface area contributed by atoms with E-state index in [1.54, 1.807) is 0 Å². The fraction of sp³-hybridized carbons (Fsp3) is 0.590. The summed E-state index contributed by atoms with van der Waals surface area (Å²) in [6.07, 6.45) is 2.39. The van der Waals surface area contributed by atoms with E-state index in [-0.39, 0.29) is 43.1 Å². The van der Waals surface area contributed by atoms with Crippen LogP contribution in [0, 0.1) is 45.9 Å². The molecule has 3 spiro atoms. The first-order valence-corrected chi connectivity index (χ1v) is 18.5. The van der Waals surface area contributed by atoms with Crippen LogP contribution in [0.3, 0.4) is 0 Å². The lowest BCUT2D eigenvalue weighted by molar-refractivity contribution is -0.224. The Kier molecular flexibility index (Phi) is 12.3. The molecule has 13 nitrogen and oxygen atoms in total. The molecule has 3 aliphatic heterocycles. The van der Waals surface area contributed by atoms with Crippen LogP contribution < -0.4 is 10.2 Å². The summed E-state index contributed by atoms with van der Waals surface area (Å²) in [5.41, 5.74) is -1.53. The predicted molar refractivity (Wildman–Crippen MR) is 188 cm³/mol. The van der Waals surface area contributed by atoms with Crippen LogP contribution in [0.5, 0.6) is 0 Å². The Labute approximate surface area is 321 Å². The Morgan fingerprint density at radius 3 is 1.73 bits per heavy atom. The van der Waals surface area contributed by atoms with Crippen LogP contribution >= 0.6 is 0 Å². The van der Waals surface area contributed by atoms with Gasteiger partial charge in [-0.05, 0) is 49.9 Å². The number of amides is 1. The van der Waals surface area contributed by atoms with E-state index in [1.807, 2.05) is 0 Å². The standard InChI is InChI=1S/C20H25F2NO6.C19H21F2NO5/c1-26-17(24)13-10-19(18(25)27-2,12-20(11-13)28-5-6-29-20)3-4-23-16-8-14(21)7-15(22)9-16;1-25-16(23)12-9-18(11-19(10-12)26-4-5-27-19)2-3-22(17(18)24)15-7-13(20)6-14(21)8-15/h7-9,13,23H,3-6,10-12H2,1-2H3;6-8,12H,2-5,9-11H2,1H3/t13-,19-;12-,18-/m00/s1. The average Bonchev–Trinajstić information content (AvgIpc) is 3.88. The number of hydrogen-bond donors (Lipinski definition) is 1. The lowest BCUT2D eigenvalue weighted by Crippen LogP contribution is -2.52. The minimum atomic E-state index is -1.07. The second-order valence-electron chi connectivity index (χ2n) is 15.0. The van der Waals surface area contributed by atoms with E-state index in [0.29, 0.717) is 65.1 Å². The van der Waals surface area contributed by atoms with E-state index in [1.165, 1.54) is 26.2 Å². The molecule has 0 radical (unpaired) electrons. The SMILES string of the molecule is COC(=O)[C@@H]1CC2(C[C@@](CCNc3cc(F)cc(F)c3)(C(=O)OC)C1)OCCO2.COC(=O)[C@@H]1CC2(C[C@]3(CCN(c4cc(F)cc(F)c4)C3=O)C1)OCCO2. The van der Waals surface area contributed by atoms with Gasteiger partial charge >= 0.3 is 17.9 Å². The first-order valence-electron chi connectivity index (χ1n) is 18.5. The van der Waals surface area contributed by atoms with Crippen LogP contribution in [0.15, 0.2) is 36.4 Å². The lowest BCUT2D eigenvalue weighted by Gasteiger charge is -2.45. The van der Waals surface area contributed by atoms with Crippen LogP contribution in [0.1, 0.15) is 51.4 Å². The van der Waals surface area contributed by atoms with Gasteiger partial charge in [-0.1, -0.05) is 0 Å². The van der Waals surface area contributed by atoms with Crippen LogP contribution in [0.25, 0.3) is 0 Å². The van der Waals surface area contributed by atoms with Gasteiger partial charge in [-0.25, -0.2) is 17.6 Å². The zero-order valence-electron chi connectivity index (χ0n) is 31.5. The summed E-state index contributed by atoms with van der Waals surface area (Å²) in [5, 5.41) is 2.93. The zero-order chi connectivity index (χ0) is 40.3. The van der Waals surface area contributed by atoms with Gasteiger partial charge in [0.2, 0.25) is 5.91 Å². The fourth-order valence-corrected chi connectivity index (χ4v) is 9.14. The number of nitrogens with zero attached hydrogens (tertiary/aromatic N) is 1. The average molecular weight is 795 g/mol. The number of methoxy groups -OCH3 is 3.